The average molecular weight is 458 g/mol. The van der Waals surface area contributed by atoms with E-state index in [1.165, 1.54) is 0 Å². The van der Waals surface area contributed by atoms with Crippen LogP contribution < -0.4 is 10.0 Å². The number of benzene rings is 1. The van der Waals surface area contributed by atoms with E-state index in [1.54, 1.807) is 33.2 Å². The van der Waals surface area contributed by atoms with Crippen molar-refractivity contribution in [1.82, 2.24) is 19.6 Å². The second kappa shape index (κ2) is 8.78. The van der Waals surface area contributed by atoms with Crippen molar-refractivity contribution >= 4 is 21.9 Å². The van der Waals surface area contributed by atoms with E-state index < -0.39 is 14.8 Å². The quantitative estimate of drug-likeness (QED) is 0.727. The van der Waals surface area contributed by atoms with Gasteiger partial charge in [0.25, 0.3) is 0 Å². The van der Waals surface area contributed by atoms with Crippen LogP contribution in [0.3, 0.4) is 0 Å². The summed E-state index contributed by atoms with van der Waals surface area (Å²) < 4.78 is 27.2. The summed E-state index contributed by atoms with van der Waals surface area (Å²) in [6.45, 7) is 5.09. The highest BCUT2D eigenvalue weighted by Crippen LogP contribution is 2.35. The van der Waals surface area contributed by atoms with Crippen molar-refractivity contribution in [3.05, 3.63) is 42.7 Å². The Labute approximate surface area is 189 Å². The molecule has 2 amide bonds. The van der Waals surface area contributed by atoms with Gasteiger partial charge in [0.05, 0.1) is 22.8 Å². The second-order valence-corrected chi connectivity index (χ2v) is 12.1. The van der Waals surface area contributed by atoms with Crippen molar-refractivity contribution in [2.45, 2.75) is 75.7 Å². The van der Waals surface area contributed by atoms with E-state index in [1.807, 2.05) is 35.2 Å². The summed E-state index contributed by atoms with van der Waals surface area (Å²) in [4.78, 5) is 23.8. The minimum absolute atomic E-state index is 0.00622. The first-order valence-corrected chi connectivity index (χ1v) is 12.6. The normalized spacial score (nSPS) is 23.6. The van der Waals surface area contributed by atoms with Gasteiger partial charge in [0.15, 0.2) is 5.82 Å². The Morgan fingerprint density at radius 1 is 1.03 bits per heavy atom. The number of hydrogen-bond acceptors (Lipinski definition) is 5. The molecule has 2 aromatic rings. The van der Waals surface area contributed by atoms with Gasteiger partial charge in [-0.2, -0.15) is 0 Å². The van der Waals surface area contributed by atoms with Gasteiger partial charge < -0.3 is 4.90 Å². The van der Waals surface area contributed by atoms with Gasteiger partial charge in [0.1, 0.15) is 0 Å². The van der Waals surface area contributed by atoms with Crippen molar-refractivity contribution < 1.29 is 13.2 Å². The molecule has 2 aliphatic rings. The summed E-state index contributed by atoms with van der Waals surface area (Å²) in [5.41, 5.74) is 1.71. The Balaban J connectivity index is 1.42. The van der Waals surface area contributed by atoms with E-state index in [-0.39, 0.29) is 24.2 Å². The summed E-state index contributed by atoms with van der Waals surface area (Å²) in [7, 11) is -3.43. The largest absolute Gasteiger partial charge is 0.323 e. The first-order valence-electron chi connectivity index (χ1n) is 11.1. The number of piperidine rings is 2. The van der Waals surface area contributed by atoms with Crippen LogP contribution in [-0.4, -0.2) is 52.2 Å². The maximum atomic E-state index is 13.1. The maximum absolute atomic E-state index is 13.1. The molecule has 2 fully saturated rings. The van der Waals surface area contributed by atoms with Crippen molar-refractivity contribution in [1.29, 1.82) is 0 Å². The van der Waals surface area contributed by atoms with Gasteiger partial charge in [-0.15, -0.1) is 0 Å². The second-order valence-electron chi connectivity index (χ2n) is 9.63. The number of carbonyl (C=O) groups excluding carboxylic acids is 1. The van der Waals surface area contributed by atoms with Crippen LogP contribution in [0.2, 0.25) is 0 Å². The Morgan fingerprint density at radius 2 is 1.69 bits per heavy atom. The number of amides is 2. The fraction of sp³-hybridized carbons (Fsp3) is 0.522. The standard InChI is InChI=1S/C23H31N5O3S/c1-23(2,3)32(30,31)27-17-12-18-10-7-11-19(13-17)28(18)22(29)26-21-15-24-20(14-25-21)16-8-5-4-6-9-16/h4-6,8-9,14-15,17-19,27H,7,10-13H2,1-3H3,(H,25,26,29). The van der Waals surface area contributed by atoms with Crippen molar-refractivity contribution in [3.63, 3.8) is 0 Å². The topological polar surface area (TPSA) is 104 Å². The van der Waals surface area contributed by atoms with E-state index >= 15 is 0 Å². The third kappa shape index (κ3) is 4.78. The van der Waals surface area contributed by atoms with Gasteiger partial charge in [-0.05, 0) is 52.9 Å². The lowest BCUT2D eigenvalue weighted by molar-refractivity contribution is 0.0659. The first kappa shape index (κ1) is 22.7. The van der Waals surface area contributed by atoms with Crippen LogP contribution in [-0.2, 0) is 10.0 Å². The number of carbonyl (C=O) groups is 1. The molecule has 8 nitrogen and oxygen atoms in total. The number of sulfonamides is 1. The number of rotatable bonds is 4. The van der Waals surface area contributed by atoms with Gasteiger partial charge in [-0.1, -0.05) is 30.3 Å². The molecule has 1 aromatic carbocycles. The first-order chi connectivity index (χ1) is 15.1. The molecule has 0 spiro atoms. The van der Waals surface area contributed by atoms with Crippen molar-refractivity contribution in [2.75, 3.05) is 5.32 Å². The van der Waals surface area contributed by atoms with Crippen LogP contribution in [0.25, 0.3) is 11.3 Å². The number of aromatic nitrogens is 2. The molecule has 9 heteroatoms. The van der Waals surface area contributed by atoms with E-state index in [4.69, 9.17) is 0 Å². The molecule has 4 rings (SSSR count). The maximum Gasteiger partial charge on any atom is 0.323 e. The molecule has 2 N–H and O–H groups in total. The highest BCUT2D eigenvalue weighted by atomic mass is 32.2. The molecule has 0 saturated carbocycles. The highest BCUT2D eigenvalue weighted by molar-refractivity contribution is 7.90. The SMILES string of the molecule is CC(C)(C)S(=O)(=O)NC1CC2CCCC(C1)N2C(=O)Nc1cnc(-c2ccccc2)cn1. The molecule has 0 radical (unpaired) electrons. The summed E-state index contributed by atoms with van der Waals surface area (Å²) in [6.07, 6.45) is 7.26. The van der Waals surface area contributed by atoms with Gasteiger partial charge in [0, 0.05) is 23.7 Å². The van der Waals surface area contributed by atoms with Crippen molar-refractivity contribution in [2.24, 2.45) is 0 Å². The van der Waals surface area contributed by atoms with E-state index in [9.17, 15) is 13.2 Å². The minimum atomic E-state index is -3.43. The van der Waals surface area contributed by atoms with Crippen LogP contribution in [0.5, 0.6) is 0 Å². The lowest BCUT2D eigenvalue weighted by Crippen LogP contribution is -2.60. The van der Waals surface area contributed by atoms with E-state index in [2.05, 4.69) is 20.0 Å². The van der Waals surface area contributed by atoms with Gasteiger partial charge in [-0.3, -0.25) is 10.3 Å². The van der Waals surface area contributed by atoms with Crippen LogP contribution >= 0.6 is 0 Å². The highest BCUT2D eigenvalue weighted by Gasteiger charge is 2.43. The lowest BCUT2D eigenvalue weighted by atomic mass is 9.82. The summed E-state index contributed by atoms with van der Waals surface area (Å²) in [5.74, 6) is 0.406. The summed E-state index contributed by atoms with van der Waals surface area (Å²) in [6, 6.07) is 9.41. The number of urea groups is 1. The number of fused-ring (bicyclic) bond motifs is 2. The van der Waals surface area contributed by atoms with Crippen LogP contribution in [0.15, 0.2) is 42.7 Å². The fourth-order valence-electron chi connectivity index (χ4n) is 4.53. The third-order valence-electron chi connectivity index (χ3n) is 6.29. The number of nitrogens with one attached hydrogen (secondary N) is 2. The summed E-state index contributed by atoms with van der Waals surface area (Å²) >= 11 is 0. The molecule has 2 bridgehead atoms. The molecule has 2 atom stereocenters. The number of anilines is 1. The molecule has 32 heavy (non-hydrogen) atoms. The smallest absolute Gasteiger partial charge is 0.318 e. The fourth-order valence-corrected chi connectivity index (χ4v) is 5.51. The molecular formula is C23H31N5O3S. The number of nitrogens with zero attached hydrogens (tertiary/aromatic N) is 3. The molecule has 2 saturated heterocycles. The van der Waals surface area contributed by atoms with Gasteiger partial charge in [0.2, 0.25) is 10.0 Å². The Kier molecular flexibility index (Phi) is 6.22. The lowest BCUT2D eigenvalue weighted by Gasteiger charge is -2.48. The molecule has 3 heterocycles. The zero-order valence-corrected chi connectivity index (χ0v) is 19.6. The van der Waals surface area contributed by atoms with E-state index in [0.29, 0.717) is 18.7 Å². The number of hydrogen-bond donors (Lipinski definition) is 2. The zero-order chi connectivity index (χ0) is 22.9. The minimum Gasteiger partial charge on any atom is -0.318 e. The Morgan fingerprint density at radius 3 is 2.25 bits per heavy atom. The van der Waals surface area contributed by atoms with Crippen LogP contribution in [0, 0.1) is 0 Å². The van der Waals surface area contributed by atoms with Crippen molar-refractivity contribution in [3.8, 4) is 11.3 Å². The average Bonchev–Trinajstić information content (AvgIpc) is 2.73. The molecule has 172 valence electrons. The Hall–Kier alpha value is -2.52. The molecule has 1 aromatic heterocycles. The summed E-state index contributed by atoms with van der Waals surface area (Å²) in [5, 5.41) is 2.88. The molecule has 2 aliphatic heterocycles. The predicted octanol–water partition coefficient (Wildman–Crippen LogP) is 3.78. The van der Waals surface area contributed by atoms with E-state index in [0.717, 1.165) is 30.5 Å². The predicted molar refractivity (Wildman–Crippen MR) is 125 cm³/mol. The Bertz CT molecular complexity index is 1040. The van der Waals surface area contributed by atoms with Gasteiger partial charge in [-0.25, -0.2) is 22.9 Å². The van der Waals surface area contributed by atoms with Gasteiger partial charge >= 0.3 is 6.03 Å². The molecule has 0 aliphatic carbocycles. The molecule has 2 unspecified atom stereocenters. The van der Waals surface area contributed by atoms with Crippen LogP contribution in [0.1, 0.15) is 52.9 Å². The zero-order valence-electron chi connectivity index (χ0n) is 18.8. The monoisotopic (exact) mass is 457 g/mol. The van der Waals surface area contributed by atoms with Crippen LogP contribution in [0.4, 0.5) is 10.6 Å². The molecular weight excluding hydrogens is 426 g/mol. The third-order valence-corrected chi connectivity index (χ3v) is 8.55.